The summed E-state index contributed by atoms with van der Waals surface area (Å²) in [6.45, 7) is 2.46. The van der Waals surface area contributed by atoms with Gasteiger partial charge < -0.3 is 15.4 Å². The SMILES string of the molecule is Cc1ncsc1CN(C)C(=O)COc1ccccc1N. The van der Waals surface area contributed by atoms with Crippen LogP contribution in [0.25, 0.3) is 0 Å². The maximum atomic E-state index is 12.0. The summed E-state index contributed by atoms with van der Waals surface area (Å²) in [5.74, 6) is 0.435. The molecule has 1 heterocycles. The first-order valence-electron chi connectivity index (χ1n) is 6.18. The van der Waals surface area contributed by atoms with Crippen LogP contribution in [-0.4, -0.2) is 29.4 Å². The Labute approximate surface area is 122 Å². The Bertz CT molecular complexity index is 598. The zero-order valence-electron chi connectivity index (χ0n) is 11.5. The first-order valence-corrected chi connectivity index (χ1v) is 7.06. The summed E-state index contributed by atoms with van der Waals surface area (Å²) in [6, 6.07) is 7.13. The number of nitrogen functional groups attached to an aromatic ring is 1. The zero-order chi connectivity index (χ0) is 14.5. The van der Waals surface area contributed by atoms with Gasteiger partial charge in [-0.05, 0) is 19.1 Å². The average Bonchev–Trinajstić information content (AvgIpc) is 2.83. The van der Waals surface area contributed by atoms with Gasteiger partial charge in [-0.1, -0.05) is 12.1 Å². The number of hydrogen-bond acceptors (Lipinski definition) is 5. The molecule has 2 N–H and O–H groups in total. The lowest BCUT2D eigenvalue weighted by Gasteiger charge is -2.17. The number of nitrogens with zero attached hydrogens (tertiary/aromatic N) is 2. The van der Waals surface area contributed by atoms with Crippen LogP contribution in [0.15, 0.2) is 29.8 Å². The molecule has 2 rings (SSSR count). The highest BCUT2D eigenvalue weighted by atomic mass is 32.1. The van der Waals surface area contributed by atoms with E-state index in [9.17, 15) is 4.79 Å². The highest BCUT2D eigenvalue weighted by Crippen LogP contribution is 2.20. The molecule has 0 aliphatic rings. The molecule has 0 saturated carbocycles. The topological polar surface area (TPSA) is 68.5 Å². The van der Waals surface area contributed by atoms with Crippen molar-refractivity contribution in [2.45, 2.75) is 13.5 Å². The van der Waals surface area contributed by atoms with E-state index in [4.69, 9.17) is 10.5 Å². The lowest BCUT2D eigenvalue weighted by Crippen LogP contribution is -2.31. The van der Waals surface area contributed by atoms with Crippen LogP contribution in [-0.2, 0) is 11.3 Å². The number of aromatic nitrogens is 1. The van der Waals surface area contributed by atoms with Crippen molar-refractivity contribution in [2.24, 2.45) is 0 Å². The Morgan fingerprint density at radius 2 is 2.20 bits per heavy atom. The standard InChI is InChI=1S/C14H17N3O2S/c1-10-13(20-9-16-10)7-17(2)14(18)8-19-12-6-4-3-5-11(12)15/h3-6,9H,7-8,15H2,1-2H3. The summed E-state index contributed by atoms with van der Waals surface area (Å²) >= 11 is 1.55. The lowest BCUT2D eigenvalue weighted by molar-refractivity contribution is -0.132. The van der Waals surface area contributed by atoms with Gasteiger partial charge in [-0.25, -0.2) is 4.98 Å². The summed E-state index contributed by atoms with van der Waals surface area (Å²) < 4.78 is 5.44. The summed E-state index contributed by atoms with van der Waals surface area (Å²) in [7, 11) is 1.75. The average molecular weight is 291 g/mol. The molecular formula is C14H17N3O2S. The Morgan fingerprint density at radius 3 is 2.85 bits per heavy atom. The van der Waals surface area contributed by atoms with Crippen molar-refractivity contribution in [1.29, 1.82) is 0 Å². The van der Waals surface area contributed by atoms with Gasteiger partial charge in [-0.3, -0.25) is 4.79 Å². The van der Waals surface area contributed by atoms with E-state index in [0.717, 1.165) is 10.6 Å². The van der Waals surface area contributed by atoms with E-state index in [-0.39, 0.29) is 12.5 Å². The van der Waals surface area contributed by atoms with Crippen LogP contribution in [0.1, 0.15) is 10.6 Å². The van der Waals surface area contributed by atoms with Gasteiger partial charge in [0.05, 0.1) is 23.4 Å². The van der Waals surface area contributed by atoms with Crippen molar-refractivity contribution in [3.8, 4) is 5.75 Å². The summed E-state index contributed by atoms with van der Waals surface area (Å²) in [6.07, 6.45) is 0. The van der Waals surface area contributed by atoms with Crippen molar-refractivity contribution in [2.75, 3.05) is 19.4 Å². The fourth-order valence-electron chi connectivity index (χ4n) is 1.64. The van der Waals surface area contributed by atoms with E-state index < -0.39 is 0 Å². The van der Waals surface area contributed by atoms with Gasteiger partial charge in [0.1, 0.15) is 5.75 Å². The van der Waals surface area contributed by atoms with Gasteiger partial charge in [-0.2, -0.15) is 0 Å². The van der Waals surface area contributed by atoms with Gasteiger partial charge in [0.2, 0.25) is 0 Å². The fraction of sp³-hybridized carbons (Fsp3) is 0.286. The molecule has 0 unspecified atom stereocenters. The number of thiazole rings is 1. The molecule has 1 aromatic heterocycles. The number of carbonyl (C=O) groups excluding carboxylic acids is 1. The molecule has 0 radical (unpaired) electrons. The van der Waals surface area contributed by atoms with E-state index in [0.29, 0.717) is 18.0 Å². The van der Waals surface area contributed by atoms with Gasteiger partial charge >= 0.3 is 0 Å². The number of nitrogens with two attached hydrogens (primary N) is 1. The van der Waals surface area contributed by atoms with Crippen molar-refractivity contribution in [3.63, 3.8) is 0 Å². The maximum absolute atomic E-state index is 12.0. The molecule has 1 amide bonds. The number of amides is 1. The van der Waals surface area contributed by atoms with Crippen LogP contribution in [0.4, 0.5) is 5.69 Å². The highest BCUT2D eigenvalue weighted by molar-refractivity contribution is 7.09. The third-order valence-electron chi connectivity index (χ3n) is 2.92. The zero-order valence-corrected chi connectivity index (χ0v) is 12.3. The molecule has 0 bridgehead atoms. The maximum Gasteiger partial charge on any atom is 0.260 e. The minimum Gasteiger partial charge on any atom is -0.482 e. The van der Waals surface area contributed by atoms with Gasteiger partial charge in [-0.15, -0.1) is 11.3 Å². The lowest BCUT2D eigenvalue weighted by atomic mass is 10.3. The first kappa shape index (κ1) is 14.3. The quantitative estimate of drug-likeness (QED) is 0.856. The molecule has 2 aromatic rings. The van der Waals surface area contributed by atoms with Crippen LogP contribution in [0.5, 0.6) is 5.75 Å². The van der Waals surface area contributed by atoms with E-state index >= 15 is 0 Å². The number of aryl methyl sites for hydroxylation is 1. The first-order chi connectivity index (χ1) is 9.58. The Balaban J connectivity index is 1.89. The number of ether oxygens (including phenoxy) is 1. The minimum absolute atomic E-state index is 0.0252. The molecule has 0 aliphatic heterocycles. The molecule has 5 nitrogen and oxygen atoms in total. The van der Waals surface area contributed by atoms with E-state index in [2.05, 4.69) is 4.98 Å². The van der Waals surface area contributed by atoms with E-state index in [1.165, 1.54) is 0 Å². The number of anilines is 1. The normalized spacial score (nSPS) is 10.3. The monoisotopic (exact) mass is 291 g/mol. The molecule has 6 heteroatoms. The number of rotatable bonds is 5. The van der Waals surface area contributed by atoms with Crippen LogP contribution in [0.3, 0.4) is 0 Å². The van der Waals surface area contributed by atoms with Gasteiger partial charge in [0.25, 0.3) is 5.91 Å². The number of carbonyl (C=O) groups is 1. The molecule has 0 spiro atoms. The second-order valence-electron chi connectivity index (χ2n) is 4.44. The summed E-state index contributed by atoms with van der Waals surface area (Å²) in [5, 5.41) is 0. The van der Waals surface area contributed by atoms with Gasteiger partial charge in [0.15, 0.2) is 6.61 Å². The summed E-state index contributed by atoms with van der Waals surface area (Å²) in [5.41, 5.74) is 9.03. The van der Waals surface area contributed by atoms with E-state index in [1.807, 2.05) is 19.1 Å². The van der Waals surface area contributed by atoms with Crippen LogP contribution < -0.4 is 10.5 Å². The molecule has 106 valence electrons. The highest BCUT2D eigenvalue weighted by Gasteiger charge is 2.13. The number of hydrogen-bond donors (Lipinski definition) is 1. The van der Waals surface area contributed by atoms with Crippen molar-refractivity contribution in [3.05, 3.63) is 40.3 Å². The molecule has 1 aromatic carbocycles. The smallest absolute Gasteiger partial charge is 0.260 e. The van der Waals surface area contributed by atoms with Crippen molar-refractivity contribution >= 4 is 22.9 Å². The van der Waals surface area contributed by atoms with Crippen LogP contribution in [0.2, 0.25) is 0 Å². The van der Waals surface area contributed by atoms with Crippen molar-refractivity contribution < 1.29 is 9.53 Å². The predicted molar refractivity (Wildman–Crippen MR) is 79.7 cm³/mol. The third kappa shape index (κ3) is 3.48. The number of para-hydroxylation sites is 2. The minimum atomic E-state index is -0.0962. The molecule has 20 heavy (non-hydrogen) atoms. The van der Waals surface area contributed by atoms with Crippen molar-refractivity contribution in [1.82, 2.24) is 9.88 Å². The largest absolute Gasteiger partial charge is 0.482 e. The number of benzene rings is 1. The second-order valence-corrected chi connectivity index (χ2v) is 5.38. The number of likely N-dealkylation sites (N-methyl/N-ethyl adjacent to an activating group) is 1. The third-order valence-corrected chi connectivity index (χ3v) is 3.84. The van der Waals surface area contributed by atoms with Crippen LogP contribution >= 0.6 is 11.3 Å². The second kappa shape index (κ2) is 6.38. The predicted octanol–water partition coefficient (Wildman–Crippen LogP) is 2.07. The van der Waals surface area contributed by atoms with E-state index in [1.54, 1.807) is 40.9 Å². The Hall–Kier alpha value is -2.08. The summed E-state index contributed by atoms with van der Waals surface area (Å²) in [4.78, 5) is 18.9. The molecule has 0 atom stereocenters. The Kier molecular flexibility index (Phi) is 4.57. The molecule has 0 saturated heterocycles. The molecule has 0 fully saturated rings. The van der Waals surface area contributed by atoms with Gasteiger partial charge in [0, 0.05) is 11.9 Å². The fourth-order valence-corrected chi connectivity index (χ4v) is 2.47. The van der Waals surface area contributed by atoms with Crippen LogP contribution in [0, 0.1) is 6.92 Å². The molecule has 0 aliphatic carbocycles. The Morgan fingerprint density at radius 1 is 1.45 bits per heavy atom. The molecular weight excluding hydrogens is 274 g/mol.